The third kappa shape index (κ3) is 7.84. The molecule has 1 unspecified atom stereocenters. The van der Waals surface area contributed by atoms with E-state index in [9.17, 15) is 14.4 Å². The molecule has 1 saturated carbocycles. The summed E-state index contributed by atoms with van der Waals surface area (Å²) in [6.45, 7) is 6.96. The van der Waals surface area contributed by atoms with E-state index in [1.165, 1.54) is 0 Å². The molecule has 0 bridgehead atoms. The average molecular weight is 480 g/mol. The Bertz CT molecular complexity index is 991. The van der Waals surface area contributed by atoms with E-state index in [0.29, 0.717) is 17.4 Å². The van der Waals surface area contributed by atoms with Crippen LogP contribution in [-0.2, 0) is 4.79 Å². The van der Waals surface area contributed by atoms with Crippen molar-refractivity contribution >= 4 is 23.6 Å². The fourth-order valence-corrected chi connectivity index (χ4v) is 4.85. The van der Waals surface area contributed by atoms with Gasteiger partial charge in [0.05, 0.1) is 12.5 Å². The lowest BCUT2D eigenvalue weighted by Gasteiger charge is -2.39. The Kier molecular flexibility index (Phi) is 8.90. The van der Waals surface area contributed by atoms with Crippen molar-refractivity contribution in [1.29, 1.82) is 0 Å². The minimum absolute atomic E-state index is 0.0801. The second-order valence-corrected chi connectivity index (χ2v) is 10.4. The maximum atomic E-state index is 12.9. The van der Waals surface area contributed by atoms with Crippen molar-refractivity contribution in [3.8, 4) is 0 Å². The van der Waals surface area contributed by atoms with E-state index in [-0.39, 0.29) is 36.4 Å². The molecule has 1 aliphatic rings. The first-order chi connectivity index (χ1) is 16.6. The van der Waals surface area contributed by atoms with Crippen molar-refractivity contribution in [3.05, 3.63) is 65.7 Å². The number of rotatable bonds is 8. The third-order valence-corrected chi connectivity index (χ3v) is 6.94. The van der Waals surface area contributed by atoms with E-state index in [1.54, 1.807) is 12.1 Å². The normalized spacial score (nSPS) is 18.8. The zero-order chi connectivity index (χ0) is 25.4. The minimum Gasteiger partial charge on any atom is -0.481 e. The third-order valence-electron chi connectivity index (χ3n) is 6.94. The molecule has 0 radical (unpaired) electrons. The maximum absolute atomic E-state index is 12.9. The molecule has 7 nitrogen and oxygen atoms in total. The van der Waals surface area contributed by atoms with Crippen molar-refractivity contribution in [3.63, 3.8) is 0 Å². The molecule has 1 fully saturated rings. The molecule has 188 valence electrons. The molecule has 3 rings (SSSR count). The number of urea groups is 1. The Hall–Kier alpha value is -3.35. The van der Waals surface area contributed by atoms with Gasteiger partial charge in [0.2, 0.25) is 0 Å². The highest BCUT2D eigenvalue weighted by Crippen LogP contribution is 2.43. The fraction of sp³-hybridized carbons (Fsp3) is 0.464. The summed E-state index contributed by atoms with van der Waals surface area (Å²) < 4.78 is 0. The predicted molar refractivity (Wildman–Crippen MR) is 137 cm³/mol. The molecule has 0 heterocycles. The highest BCUT2D eigenvalue weighted by molar-refractivity contribution is 5.94. The number of carboxylic acids is 1. The van der Waals surface area contributed by atoms with Crippen LogP contribution in [0.15, 0.2) is 54.6 Å². The van der Waals surface area contributed by atoms with Crippen LogP contribution in [0, 0.1) is 17.3 Å². The highest BCUT2D eigenvalue weighted by atomic mass is 16.4. The molecule has 4 N–H and O–H groups in total. The summed E-state index contributed by atoms with van der Waals surface area (Å²) in [5.41, 5.74) is 2.42. The number of nitrogens with one attached hydrogen (secondary N) is 3. The summed E-state index contributed by atoms with van der Waals surface area (Å²) in [6.07, 6.45) is 4.17. The largest absolute Gasteiger partial charge is 0.481 e. The van der Waals surface area contributed by atoms with Gasteiger partial charge in [-0.2, -0.15) is 0 Å². The number of aliphatic carboxylic acids is 1. The summed E-state index contributed by atoms with van der Waals surface area (Å²) >= 11 is 0. The van der Waals surface area contributed by atoms with Crippen LogP contribution < -0.4 is 16.0 Å². The number of carbonyl (C=O) groups excluding carboxylic acids is 2. The number of hydrogen-bond acceptors (Lipinski definition) is 3. The molecular weight excluding hydrogens is 442 g/mol. The Labute approximate surface area is 207 Å². The number of para-hydroxylation sites is 1. The summed E-state index contributed by atoms with van der Waals surface area (Å²) in [7, 11) is 0. The zero-order valence-electron chi connectivity index (χ0n) is 20.8. The van der Waals surface area contributed by atoms with Gasteiger partial charge in [0.25, 0.3) is 5.91 Å². The molecule has 0 spiro atoms. The first kappa shape index (κ1) is 26.3. The average Bonchev–Trinajstić information content (AvgIpc) is 2.82. The Balaban J connectivity index is 1.72. The van der Waals surface area contributed by atoms with Crippen LogP contribution in [0.25, 0.3) is 0 Å². The van der Waals surface area contributed by atoms with Gasteiger partial charge in [-0.15, -0.1) is 0 Å². The lowest BCUT2D eigenvalue weighted by atomic mass is 9.68. The molecule has 2 aromatic carbocycles. The molecule has 0 aromatic heterocycles. The molecule has 2 aromatic rings. The summed E-state index contributed by atoms with van der Waals surface area (Å²) in [5, 5.41) is 17.5. The van der Waals surface area contributed by atoms with E-state index in [1.807, 2.05) is 42.5 Å². The number of anilines is 1. The Morgan fingerprint density at radius 3 is 2.14 bits per heavy atom. The van der Waals surface area contributed by atoms with Crippen LogP contribution in [0.5, 0.6) is 0 Å². The number of carbonyl (C=O) groups is 3. The standard InChI is InChI=1S/C28H37N3O4/c1-28(2,3)22-15-13-20(14-16-22)25(31-27(35)30-23-7-5-4-6-8-23)19-9-11-21(12-10-19)26(34)29-18-17-24(32)33/h4-12,20,22,25H,13-18H2,1-3H3,(H,29,34)(H,32,33)(H2,30,31,35). The van der Waals surface area contributed by atoms with Gasteiger partial charge in [-0.3, -0.25) is 9.59 Å². The predicted octanol–water partition coefficient (Wildman–Crippen LogP) is 5.61. The second kappa shape index (κ2) is 11.9. The van der Waals surface area contributed by atoms with Crippen molar-refractivity contribution in [2.24, 2.45) is 17.3 Å². The van der Waals surface area contributed by atoms with Crippen LogP contribution in [0.2, 0.25) is 0 Å². The monoisotopic (exact) mass is 479 g/mol. The summed E-state index contributed by atoms with van der Waals surface area (Å²) in [5.74, 6) is -0.306. The SMILES string of the molecule is CC(C)(C)C1CCC(C(NC(=O)Nc2ccccc2)c2ccc(C(=O)NCCC(=O)O)cc2)CC1. The van der Waals surface area contributed by atoms with Gasteiger partial charge in [0.1, 0.15) is 0 Å². The number of amides is 3. The number of carboxylic acid groups (broad SMARTS) is 1. The molecule has 0 aliphatic heterocycles. The van der Waals surface area contributed by atoms with E-state index < -0.39 is 5.97 Å². The van der Waals surface area contributed by atoms with Crippen molar-refractivity contribution in [2.75, 3.05) is 11.9 Å². The zero-order valence-corrected chi connectivity index (χ0v) is 20.8. The lowest BCUT2D eigenvalue weighted by Crippen LogP contribution is -2.38. The fourth-order valence-electron chi connectivity index (χ4n) is 4.85. The molecule has 1 atom stereocenters. The van der Waals surface area contributed by atoms with Crippen LogP contribution in [0.3, 0.4) is 0 Å². The maximum Gasteiger partial charge on any atom is 0.319 e. The van der Waals surface area contributed by atoms with Gasteiger partial charge >= 0.3 is 12.0 Å². The number of hydrogen-bond donors (Lipinski definition) is 4. The van der Waals surface area contributed by atoms with E-state index in [4.69, 9.17) is 5.11 Å². The molecule has 7 heteroatoms. The lowest BCUT2D eigenvalue weighted by molar-refractivity contribution is -0.136. The molecule has 0 saturated heterocycles. The first-order valence-electron chi connectivity index (χ1n) is 12.4. The quantitative estimate of drug-likeness (QED) is 0.395. The summed E-state index contributed by atoms with van der Waals surface area (Å²) in [6, 6.07) is 16.2. The second-order valence-electron chi connectivity index (χ2n) is 10.4. The highest BCUT2D eigenvalue weighted by Gasteiger charge is 2.34. The molecular formula is C28H37N3O4. The van der Waals surface area contributed by atoms with Crippen LogP contribution >= 0.6 is 0 Å². The van der Waals surface area contributed by atoms with Gasteiger partial charge in [0.15, 0.2) is 0 Å². The van der Waals surface area contributed by atoms with Gasteiger partial charge in [0, 0.05) is 17.8 Å². The van der Waals surface area contributed by atoms with Gasteiger partial charge < -0.3 is 21.1 Å². The van der Waals surface area contributed by atoms with Crippen LogP contribution in [0.4, 0.5) is 10.5 Å². The van der Waals surface area contributed by atoms with Gasteiger partial charge in [-0.05, 0) is 72.8 Å². The summed E-state index contributed by atoms with van der Waals surface area (Å²) in [4.78, 5) is 35.9. The van der Waals surface area contributed by atoms with Crippen molar-refractivity contribution in [1.82, 2.24) is 10.6 Å². The van der Waals surface area contributed by atoms with E-state index >= 15 is 0 Å². The minimum atomic E-state index is -0.954. The van der Waals surface area contributed by atoms with Crippen LogP contribution in [0.1, 0.15) is 74.8 Å². The van der Waals surface area contributed by atoms with Gasteiger partial charge in [-0.1, -0.05) is 51.1 Å². The van der Waals surface area contributed by atoms with E-state index in [0.717, 1.165) is 36.9 Å². The number of benzene rings is 2. The van der Waals surface area contributed by atoms with Gasteiger partial charge in [-0.25, -0.2) is 4.79 Å². The van der Waals surface area contributed by atoms with Crippen molar-refractivity contribution in [2.45, 2.75) is 58.9 Å². The van der Waals surface area contributed by atoms with Crippen molar-refractivity contribution < 1.29 is 19.5 Å². The Morgan fingerprint density at radius 1 is 0.943 bits per heavy atom. The van der Waals surface area contributed by atoms with E-state index in [2.05, 4.69) is 36.7 Å². The Morgan fingerprint density at radius 2 is 1.57 bits per heavy atom. The molecule has 35 heavy (non-hydrogen) atoms. The first-order valence-corrected chi connectivity index (χ1v) is 12.4. The smallest absolute Gasteiger partial charge is 0.319 e. The van der Waals surface area contributed by atoms with Crippen LogP contribution in [-0.4, -0.2) is 29.6 Å². The molecule has 1 aliphatic carbocycles. The topological polar surface area (TPSA) is 108 Å². The molecule has 3 amide bonds.